The Balaban J connectivity index is 1.50. The number of ether oxygens (including phenoxy) is 2. The summed E-state index contributed by atoms with van der Waals surface area (Å²) in [6.07, 6.45) is 6.84. The second kappa shape index (κ2) is 6.61. The maximum Gasteiger partial charge on any atom is 0.276 e. The molecule has 0 aromatic carbocycles. The highest BCUT2D eigenvalue weighted by molar-refractivity contribution is 6.22. The molecule has 0 saturated heterocycles. The third-order valence-corrected chi connectivity index (χ3v) is 3.19. The van der Waals surface area contributed by atoms with Gasteiger partial charge >= 0.3 is 0 Å². The number of rotatable bonds is 6. The van der Waals surface area contributed by atoms with Gasteiger partial charge in [-0.1, -0.05) is 0 Å². The molecule has 1 aromatic rings. The lowest BCUT2D eigenvalue weighted by molar-refractivity contribution is 0.0971. The summed E-state index contributed by atoms with van der Waals surface area (Å²) >= 11 is 0. The Morgan fingerprint density at radius 1 is 1.27 bits per heavy atom. The zero-order valence-electron chi connectivity index (χ0n) is 12.2. The number of hydrogen-bond donors (Lipinski definition) is 1. The van der Waals surface area contributed by atoms with Gasteiger partial charge in [-0.15, -0.1) is 5.10 Å². The fourth-order valence-corrected chi connectivity index (χ4v) is 1.87. The molecule has 1 aliphatic heterocycles. The summed E-state index contributed by atoms with van der Waals surface area (Å²) in [6.45, 7) is 0.840. The molecule has 0 unspecified atom stereocenters. The van der Waals surface area contributed by atoms with Crippen LogP contribution in [-0.4, -0.2) is 47.7 Å². The van der Waals surface area contributed by atoms with Crippen molar-refractivity contribution in [3.8, 4) is 5.88 Å². The summed E-state index contributed by atoms with van der Waals surface area (Å²) in [5.41, 5.74) is 1.12. The zero-order valence-corrected chi connectivity index (χ0v) is 12.2. The van der Waals surface area contributed by atoms with Crippen LogP contribution in [0.5, 0.6) is 5.88 Å². The molecule has 1 saturated carbocycles. The van der Waals surface area contributed by atoms with Crippen LogP contribution in [-0.2, 0) is 4.74 Å². The van der Waals surface area contributed by atoms with E-state index in [4.69, 9.17) is 9.47 Å². The molecule has 1 aliphatic carbocycles. The number of hydrogen-bond acceptors (Lipinski definition) is 7. The average molecular weight is 302 g/mol. The van der Waals surface area contributed by atoms with Crippen molar-refractivity contribution >= 4 is 17.5 Å². The normalized spacial score (nSPS) is 17.0. The van der Waals surface area contributed by atoms with Gasteiger partial charge in [0.15, 0.2) is 0 Å². The Bertz CT molecular complexity index is 607. The fourth-order valence-electron chi connectivity index (χ4n) is 1.87. The molecule has 115 valence electrons. The van der Waals surface area contributed by atoms with E-state index in [0.29, 0.717) is 30.8 Å². The Morgan fingerprint density at radius 2 is 2.14 bits per heavy atom. The molecule has 0 bridgehead atoms. The minimum Gasteiger partial charge on any atom is -0.474 e. The number of carbonyl (C=O) groups excluding carboxylic acids is 1. The Kier molecular flexibility index (Phi) is 4.38. The lowest BCUT2D eigenvalue weighted by atomic mass is 10.2. The van der Waals surface area contributed by atoms with Crippen molar-refractivity contribution < 1.29 is 14.3 Å². The average Bonchev–Trinajstić information content (AvgIpc) is 3.28. The van der Waals surface area contributed by atoms with Crippen LogP contribution in [0.15, 0.2) is 22.6 Å². The Hall–Kier alpha value is -2.35. The second-order valence-electron chi connectivity index (χ2n) is 4.96. The number of methoxy groups -OCH3 is 1. The lowest BCUT2D eigenvalue weighted by Gasteiger charge is -2.05. The van der Waals surface area contributed by atoms with E-state index in [2.05, 4.69) is 25.5 Å². The van der Waals surface area contributed by atoms with Crippen molar-refractivity contribution in [2.45, 2.75) is 12.8 Å². The Morgan fingerprint density at radius 3 is 2.82 bits per heavy atom. The van der Waals surface area contributed by atoms with Crippen molar-refractivity contribution in [3.63, 3.8) is 0 Å². The van der Waals surface area contributed by atoms with Gasteiger partial charge < -0.3 is 14.8 Å². The standard InChI is InChI=1S/C14H16N5O3/c1-21-4-5-22-13-8-15-11(7-16-13)14(20)17-12-6-10(18-19-12)9-2-3-9/h6-9H,2-5H2,1H3,(H,17,19,20). The van der Waals surface area contributed by atoms with E-state index in [-0.39, 0.29) is 11.6 Å². The third-order valence-electron chi connectivity index (χ3n) is 3.19. The summed E-state index contributed by atoms with van der Waals surface area (Å²) in [5, 5.41) is 10.6. The minimum absolute atomic E-state index is 0.190. The molecule has 0 atom stereocenters. The van der Waals surface area contributed by atoms with E-state index < -0.39 is 0 Å². The first-order valence-electron chi connectivity index (χ1n) is 7.01. The SMILES string of the molecule is COCCOc1cnc(C(=O)NC2=NN=C(C3CC3)[CH]2)cn1. The summed E-state index contributed by atoms with van der Waals surface area (Å²) in [7, 11) is 1.59. The monoisotopic (exact) mass is 302 g/mol. The molecular formula is C14H16N5O3. The molecule has 1 amide bonds. The number of nitrogens with one attached hydrogen (secondary N) is 1. The quantitative estimate of drug-likeness (QED) is 0.777. The van der Waals surface area contributed by atoms with Crippen LogP contribution in [0.25, 0.3) is 0 Å². The summed E-state index contributed by atoms with van der Waals surface area (Å²) in [5.74, 6) is 0.909. The van der Waals surface area contributed by atoms with Gasteiger partial charge in [0.2, 0.25) is 5.88 Å². The van der Waals surface area contributed by atoms with Crippen LogP contribution in [0.4, 0.5) is 0 Å². The van der Waals surface area contributed by atoms with E-state index in [1.165, 1.54) is 12.4 Å². The molecule has 1 N–H and O–H groups in total. The van der Waals surface area contributed by atoms with Crippen LogP contribution in [0, 0.1) is 12.3 Å². The van der Waals surface area contributed by atoms with Crippen molar-refractivity contribution in [2.24, 2.45) is 16.1 Å². The smallest absolute Gasteiger partial charge is 0.276 e. The lowest BCUT2D eigenvalue weighted by Crippen LogP contribution is -2.31. The number of amides is 1. The highest BCUT2D eigenvalue weighted by atomic mass is 16.5. The van der Waals surface area contributed by atoms with E-state index in [1.54, 1.807) is 13.5 Å². The highest BCUT2D eigenvalue weighted by Gasteiger charge is 2.31. The van der Waals surface area contributed by atoms with Crippen molar-refractivity contribution in [1.29, 1.82) is 0 Å². The third kappa shape index (κ3) is 3.64. The van der Waals surface area contributed by atoms with E-state index >= 15 is 0 Å². The van der Waals surface area contributed by atoms with Crippen molar-refractivity contribution in [3.05, 3.63) is 24.5 Å². The molecule has 2 aliphatic rings. The molecule has 1 radical (unpaired) electrons. The predicted molar refractivity (Wildman–Crippen MR) is 78.8 cm³/mol. The van der Waals surface area contributed by atoms with Gasteiger partial charge in [-0.05, 0) is 18.8 Å². The summed E-state index contributed by atoms with van der Waals surface area (Å²) in [4.78, 5) is 20.1. The fraction of sp³-hybridized carbons (Fsp3) is 0.429. The topological polar surface area (TPSA) is 98.1 Å². The van der Waals surface area contributed by atoms with Crippen LogP contribution >= 0.6 is 0 Å². The number of amidine groups is 1. The predicted octanol–water partition coefficient (Wildman–Crippen LogP) is 0.614. The first-order valence-corrected chi connectivity index (χ1v) is 7.01. The maximum atomic E-state index is 12.0. The van der Waals surface area contributed by atoms with E-state index in [9.17, 15) is 4.79 Å². The minimum atomic E-state index is -0.377. The van der Waals surface area contributed by atoms with Gasteiger partial charge in [0.1, 0.15) is 18.1 Å². The molecule has 2 heterocycles. The molecule has 0 spiro atoms. The molecule has 8 nitrogen and oxygen atoms in total. The van der Waals surface area contributed by atoms with Crippen LogP contribution in [0.1, 0.15) is 23.3 Å². The first kappa shape index (κ1) is 14.6. The van der Waals surface area contributed by atoms with Gasteiger partial charge in [0.25, 0.3) is 5.91 Å². The van der Waals surface area contributed by atoms with Crippen LogP contribution < -0.4 is 10.1 Å². The van der Waals surface area contributed by atoms with E-state index in [1.807, 2.05) is 0 Å². The van der Waals surface area contributed by atoms with Gasteiger partial charge in [-0.2, -0.15) is 5.10 Å². The van der Waals surface area contributed by atoms with Crippen LogP contribution in [0.2, 0.25) is 0 Å². The molecule has 3 rings (SSSR count). The number of aromatic nitrogens is 2. The van der Waals surface area contributed by atoms with Gasteiger partial charge in [-0.25, -0.2) is 9.97 Å². The molecule has 1 aromatic heterocycles. The van der Waals surface area contributed by atoms with Crippen LogP contribution in [0.3, 0.4) is 0 Å². The number of carbonyl (C=O) groups is 1. The van der Waals surface area contributed by atoms with Gasteiger partial charge in [-0.3, -0.25) is 4.79 Å². The summed E-state index contributed by atoms with van der Waals surface area (Å²) in [6, 6.07) is 0. The largest absolute Gasteiger partial charge is 0.474 e. The molecule has 1 fully saturated rings. The molecule has 22 heavy (non-hydrogen) atoms. The van der Waals surface area contributed by atoms with Gasteiger partial charge in [0, 0.05) is 7.11 Å². The maximum absolute atomic E-state index is 12.0. The van der Waals surface area contributed by atoms with E-state index in [0.717, 1.165) is 18.6 Å². The second-order valence-corrected chi connectivity index (χ2v) is 4.96. The first-order chi connectivity index (χ1) is 10.8. The molecule has 8 heteroatoms. The Labute approximate surface area is 127 Å². The number of nitrogens with zero attached hydrogens (tertiary/aromatic N) is 4. The summed E-state index contributed by atoms with van der Waals surface area (Å²) < 4.78 is 10.1. The van der Waals surface area contributed by atoms with Gasteiger partial charge in [0.05, 0.1) is 31.1 Å². The highest BCUT2D eigenvalue weighted by Crippen LogP contribution is 2.32. The van der Waals surface area contributed by atoms with Crippen molar-refractivity contribution in [1.82, 2.24) is 15.3 Å². The zero-order chi connectivity index (χ0) is 15.4. The van der Waals surface area contributed by atoms with Crippen molar-refractivity contribution in [2.75, 3.05) is 20.3 Å². The molecular weight excluding hydrogens is 286 g/mol.